The first-order valence-corrected chi connectivity index (χ1v) is 8.87. The fourth-order valence-corrected chi connectivity index (χ4v) is 3.34. The molecule has 0 unspecified atom stereocenters. The van der Waals surface area contributed by atoms with Crippen LogP contribution < -0.4 is 0 Å². The van der Waals surface area contributed by atoms with Crippen LogP contribution in [0.4, 0.5) is 10.1 Å². The second-order valence-electron chi connectivity index (χ2n) is 6.92. The molecule has 2 aromatic rings. The third kappa shape index (κ3) is 4.31. The van der Waals surface area contributed by atoms with Crippen LogP contribution in [0.2, 0.25) is 0 Å². The molecule has 0 aliphatic carbocycles. The largest absolute Gasteiger partial charge is 0.336 e. The van der Waals surface area contributed by atoms with Crippen molar-refractivity contribution in [2.24, 2.45) is 0 Å². The number of hydrogen-bond acceptors (Lipinski definition) is 4. The van der Waals surface area contributed by atoms with Gasteiger partial charge in [0.15, 0.2) is 0 Å². The van der Waals surface area contributed by atoms with Crippen LogP contribution in [0, 0.1) is 29.8 Å². The number of nitrogens with zero attached hydrogens (tertiary/aromatic N) is 3. The first kappa shape index (κ1) is 19.0. The van der Waals surface area contributed by atoms with Gasteiger partial charge in [0.25, 0.3) is 11.6 Å². The van der Waals surface area contributed by atoms with Crippen LogP contribution in [-0.4, -0.2) is 46.8 Å². The van der Waals surface area contributed by atoms with Crippen LogP contribution >= 0.6 is 0 Å². The summed E-state index contributed by atoms with van der Waals surface area (Å²) in [5.41, 5.74) is 2.04. The number of nitro groups is 1. The molecule has 0 saturated carbocycles. The number of aryl methyl sites for hydroxylation is 1. The number of piperazine rings is 1. The fraction of sp³-hybridized carbons (Fsp3) is 0.350. The van der Waals surface area contributed by atoms with E-state index in [1.807, 2.05) is 6.07 Å². The zero-order valence-electron chi connectivity index (χ0n) is 15.4. The van der Waals surface area contributed by atoms with Crippen LogP contribution in [-0.2, 0) is 6.54 Å². The highest BCUT2D eigenvalue weighted by atomic mass is 19.1. The molecule has 7 heteroatoms. The van der Waals surface area contributed by atoms with Crippen molar-refractivity contribution in [3.8, 4) is 0 Å². The Kier molecular flexibility index (Phi) is 5.51. The molecule has 0 aromatic heterocycles. The van der Waals surface area contributed by atoms with Gasteiger partial charge in [-0.2, -0.15) is 0 Å². The topological polar surface area (TPSA) is 66.7 Å². The maximum Gasteiger partial charge on any atom is 0.276 e. The van der Waals surface area contributed by atoms with Gasteiger partial charge in [0, 0.05) is 44.4 Å². The monoisotopic (exact) mass is 371 g/mol. The molecule has 6 nitrogen and oxygen atoms in total. The van der Waals surface area contributed by atoms with E-state index in [4.69, 9.17) is 0 Å². The summed E-state index contributed by atoms with van der Waals surface area (Å²) in [6, 6.07) is 10.6. The molecule has 1 amide bonds. The molecule has 0 bridgehead atoms. The summed E-state index contributed by atoms with van der Waals surface area (Å²) in [4.78, 5) is 27.0. The molecule has 1 saturated heterocycles. The number of halogens is 1. The Balaban J connectivity index is 1.66. The summed E-state index contributed by atoms with van der Waals surface area (Å²) < 4.78 is 14.0. The van der Waals surface area contributed by atoms with E-state index in [0.717, 1.165) is 12.6 Å². The molecular formula is C20H22FN3O3. The van der Waals surface area contributed by atoms with Gasteiger partial charge in [-0.05, 0) is 25.5 Å². The van der Waals surface area contributed by atoms with E-state index in [9.17, 15) is 19.3 Å². The van der Waals surface area contributed by atoms with Gasteiger partial charge in [0.2, 0.25) is 0 Å². The van der Waals surface area contributed by atoms with Gasteiger partial charge in [-0.15, -0.1) is 0 Å². The minimum Gasteiger partial charge on any atom is -0.336 e. The third-order valence-corrected chi connectivity index (χ3v) is 4.91. The number of carbonyl (C=O) groups is 1. The summed E-state index contributed by atoms with van der Waals surface area (Å²) in [5.74, 6) is -1.10. The smallest absolute Gasteiger partial charge is 0.276 e. The zero-order chi connectivity index (χ0) is 19.6. The lowest BCUT2D eigenvalue weighted by atomic mass is 10.1. The summed E-state index contributed by atoms with van der Waals surface area (Å²) in [6.07, 6.45) is 0. The summed E-state index contributed by atoms with van der Waals surface area (Å²) >= 11 is 0. The minimum atomic E-state index is -0.731. The normalized spacial score (nSPS) is 15.0. The molecule has 0 radical (unpaired) electrons. The van der Waals surface area contributed by atoms with E-state index in [1.165, 1.54) is 24.1 Å². The molecule has 1 aliphatic rings. The first-order chi connectivity index (χ1) is 12.8. The van der Waals surface area contributed by atoms with Crippen molar-refractivity contribution in [2.75, 3.05) is 26.2 Å². The van der Waals surface area contributed by atoms with E-state index in [2.05, 4.69) is 30.0 Å². The van der Waals surface area contributed by atoms with Crippen LogP contribution in [0.25, 0.3) is 0 Å². The predicted octanol–water partition coefficient (Wildman–Crippen LogP) is 3.31. The Morgan fingerprint density at radius 3 is 2.48 bits per heavy atom. The van der Waals surface area contributed by atoms with E-state index in [1.54, 1.807) is 4.90 Å². The summed E-state index contributed by atoms with van der Waals surface area (Å²) in [5, 5.41) is 11.1. The first-order valence-electron chi connectivity index (χ1n) is 8.87. The van der Waals surface area contributed by atoms with Crippen LogP contribution in [0.3, 0.4) is 0 Å². The van der Waals surface area contributed by atoms with Crippen molar-refractivity contribution in [3.63, 3.8) is 0 Å². The van der Waals surface area contributed by atoms with Gasteiger partial charge in [-0.1, -0.05) is 29.8 Å². The number of benzene rings is 2. The Hall–Kier alpha value is -2.80. The third-order valence-electron chi connectivity index (χ3n) is 4.91. The lowest BCUT2D eigenvalue weighted by molar-refractivity contribution is -0.385. The van der Waals surface area contributed by atoms with E-state index in [0.29, 0.717) is 26.2 Å². The van der Waals surface area contributed by atoms with Gasteiger partial charge in [-0.3, -0.25) is 19.8 Å². The van der Waals surface area contributed by atoms with Gasteiger partial charge < -0.3 is 4.90 Å². The lowest BCUT2D eigenvalue weighted by Crippen LogP contribution is -2.48. The van der Waals surface area contributed by atoms with Crippen molar-refractivity contribution >= 4 is 11.6 Å². The van der Waals surface area contributed by atoms with Crippen molar-refractivity contribution < 1.29 is 14.1 Å². The van der Waals surface area contributed by atoms with Crippen LogP contribution in [0.15, 0.2) is 36.4 Å². The van der Waals surface area contributed by atoms with Crippen molar-refractivity contribution in [1.82, 2.24) is 9.80 Å². The number of carbonyl (C=O) groups excluding carboxylic acids is 1. The summed E-state index contributed by atoms with van der Waals surface area (Å²) in [7, 11) is 0. The molecule has 0 atom stereocenters. The number of hydrogen-bond donors (Lipinski definition) is 0. The molecule has 1 fully saturated rings. The molecule has 1 heterocycles. The van der Waals surface area contributed by atoms with Gasteiger partial charge in [0.05, 0.1) is 10.5 Å². The number of nitro benzene ring substituents is 1. The molecule has 27 heavy (non-hydrogen) atoms. The maximum absolute atomic E-state index is 14.0. The lowest BCUT2D eigenvalue weighted by Gasteiger charge is -2.34. The minimum absolute atomic E-state index is 0.0249. The molecule has 142 valence electrons. The molecule has 2 aromatic carbocycles. The Labute approximate surface area is 157 Å². The number of rotatable bonds is 4. The van der Waals surface area contributed by atoms with Gasteiger partial charge in [0.1, 0.15) is 5.82 Å². The maximum atomic E-state index is 14.0. The van der Waals surface area contributed by atoms with Crippen LogP contribution in [0.5, 0.6) is 0 Å². The highest BCUT2D eigenvalue weighted by Crippen LogP contribution is 2.24. The highest BCUT2D eigenvalue weighted by molar-refractivity contribution is 5.95. The van der Waals surface area contributed by atoms with Crippen molar-refractivity contribution in [3.05, 3.63) is 74.6 Å². The van der Waals surface area contributed by atoms with Gasteiger partial charge in [-0.25, -0.2) is 4.39 Å². The molecule has 0 N–H and O–H groups in total. The second-order valence-corrected chi connectivity index (χ2v) is 6.92. The van der Waals surface area contributed by atoms with Crippen molar-refractivity contribution in [1.29, 1.82) is 0 Å². The molecule has 0 spiro atoms. The average Bonchev–Trinajstić information content (AvgIpc) is 2.63. The Bertz CT molecular complexity index is 877. The highest BCUT2D eigenvalue weighted by Gasteiger charge is 2.25. The zero-order valence-corrected chi connectivity index (χ0v) is 15.4. The average molecular weight is 371 g/mol. The molecule has 3 rings (SSSR count). The van der Waals surface area contributed by atoms with Crippen molar-refractivity contribution in [2.45, 2.75) is 20.4 Å². The Morgan fingerprint density at radius 2 is 1.85 bits per heavy atom. The fourth-order valence-electron chi connectivity index (χ4n) is 3.34. The molecular weight excluding hydrogens is 349 g/mol. The van der Waals surface area contributed by atoms with E-state index < -0.39 is 10.7 Å². The standard InChI is InChI=1S/C20H22FN3O3/c1-14-4-3-5-16(10-14)13-22-6-8-23(9-7-22)20(25)17-11-18(21)15(2)19(12-17)24(26)27/h3-5,10-12H,6-9,13H2,1-2H3. The van der Waals surface area contributed by atoms with E-state index >= 15 is 0 Å². The van der Waals surface area contributed by atoms with Gasteiger partial charge >= 0.3 is 0 Å². The van der Waals surface area contributed by atoms with E-state index in [-0.39, 0.29) is 22.7 Å². The molecule has 1 aliphatic heterocycles. The van der Waals surface area contributed by atoms with Crippen LogP contribution in [0.1, 0.15) is 27.0 Å². The quantitative estimate of drug-likeness (QED) is 0.611. The Morgan fingerprint density at radius 1 is 1.15 bits per heavy atom. The SMILES string of the molecule is Cc1cccc(CN2CCN(C(=O)c3cc(F)c(C)c([N+](=O)[O-])c3)CC2)c1. The summed E-state index contributed by atoms with van der Waals surface area (Å²) in [6.45, 7) is 6.63. The number of amides is 1. The second kappa shape index (κ2) is 7.84. The predicted molar refractivity (Wildman–Crippen MR) is 100 cm³/mol.